The third kappa shape index (κ3) is 8.74. The average molecular weight is 799 g/mol. The number of ether oxygens (including phenoxy) is 7. The number of hydrogen-bond donors (Lipinski definition) is 4. The number of alkyl halides is 3. The van der Waals surface area contributed by atoms with Crippen LogP contribution in [0.15, 0.2) is 0 Å². The van der Waals surface area contributed by atoms with E-state index in [1.807, 2.05) is 11.8 Å². The molecule has 0 aromatic rings. The molecule has 6 bridgehead atoms. The van der Waals surface area contributed by atoms with Crippen molar-refractivity contribution in [2.24, 2.45) is 17.8 Å². The summed E-state index contributed by atoms with van der Waals surface area (Å²) in [5.74, 6) is -3.01. The molecule has 0 aromatic heterocycles. The minimum Gasteiger partial charge on any atom is -0.459 e. The van der Waals surface area contributed by atoms with Gasteiger partial charge in [-0.1, -0.05) is 20.8 Å². The Kier molecular flexibility index (Phi) is 13.4. The van der Waals surface area contributed by atoms with Crippen LogP contribution < -0.4 is 0 Å². The lowest BCUT2D eigenvalue weighted by atomic mass is 9.77. The van der Waals surface area contributed by atoms with E-state index in [4.69, 9.17) is 33.2 Å². The van der Waals surface area contributed by atoms with Crippen molar-refractivity contribution in [1.29, 1.82) is 0 Å². The van der Waals surface area contributed by atoms with Gasteiger partial charge in [-0.25, -0.2) is 0 Å². The summed E-state index contributed by atoms with van der Waals surface area (Å²) >= 11 is 0. The van der Waals surface area contributed by atoms with Gasteiger partial charge in [-0.05, 0) is 73.9 Å². The van der Waals surface area contributed by atoms with E-state index in [0.29, 0.717) is 6.54 Å². The van der Waals surface area contributed by atoms with Gasteiger partial charge in [-0.2, -0.15) is 13.2 Å². The molecule has 5 aliphatic heterocycles. The fourth-order valence-corrected chi connectivity index (χ4v) is 10.1. The Morgan fingerprint density at radius 2 is 1.56 bits per heavy atom. The van der Waals surface area contributed by atoms with Crippen molar-refractivity contribution >= 4 is 5.97 Å². The Labute approximate surface area is 322 Å². The molecule has 55 heavy (non-hydrogen) atoms. The smallest absolute Gasteiger partial charge is 0.428 e. The van der Waals surface area contributed by atoms with Crippen LogP contribution in [-0.2, 0) is 38.0 Å². The summed E-state index contributed by atoms with van der Waals surface area (Å²) in [6.45, 7) is 13.7. The molecule has 1 unspecified atom stereocenters. The first-order chi connectivity index (χ1) is 25.4. The molecule has 19 atom stereocenters. The van der Waals surface area contributed by atoms with Gasteiger partial charge in [0.2, 0.25) is 6.23 Å². The number of nitrogens with zero attached hydrogens (tertiary/aromatic N) is 2. The average Bonchev–Trinajstić information content (AvgIpc) is 3.44. The lowest BCUT2D eigenvalue weighted by molar-refractivity contribution is -0.340. The Morgan fingerprint density at radius 1 is 0.909 bits per heavy atom. The monoisotopic (exact) mass is 798 g/mol. The second-order valence-electron chi connectivity index (χ2n) is 17.6. The quantitative estimate of drug-likeness (QED) is 0.301. The number of hydrogen-bond acceptors (Lipinski definition) is 14. The molecular weight excluding hydrogens is 733 g/mol. The lowest BCUT2D eigenvalue weighted by Gasteiger charge is -2.52. The first-order valence-electron chi connectivity index (χ1n) is 19.7. The second-order valence-corrected chi connectivity index (χ2v) is 17.6. The predicted molar refractivity (Wildman–Crippen MR) is 190 cm³/mol. The first-order valence-corrected chi connectivity index (χ1v) is 19.7. The fraction of sp³-hybridized carbons (Fsp3) is 0.974. The maximum atomic E-state index is 14.4. The summed E-state index contributed by atoms with van der Waals surface area (Å²) in [4.78, 5) is 17.2. The summed E-state index contributed by atoms with van der Waals surface area (Å²) < 4.78 is 87.0. The van der Waals surface area contributed by atoms with Gasteiger partial charge in [0.05, 0.1) is 35.9 Å². The highest BCUT2D eigenvalue weighted by Gasteiger charge is 2.61. The van der Waals surface area contributed by atoms with Crippen LogP contribution in [0.25, 0.3) is 0 Å². The number of esters is 1. The molecule has 0 radical (unpaired) electrons. The van der Waals surface area contributed by atoms with Gasteiger partial charge in [0.15, 0.2) is 12.6 Å². The molecule has 5 rings (SSSR count). The standard InChI is InChI=1S/C38H65F3N2O12/c1-12-25-36(8,48)29(44)21(5)42(9)17-18(2)14-35(7,47)31-19(3)27(20(4)32(46)52-25)53-26-16-37(49-11,30(45)22(6)50-26)15-23-13-24-28(33(51-23)55-31)54-34(43(24)10)38(39,40)41/h18-31,33-34,44-45,47-48H,12-17H2,1-11H3/t18-,19+,20-,21-,22+,23+,24+,25-,26+,27+,28-,29-,30+,31-,33+,34?,35-,36-,37-/m1/s1. The van der Waals surface area contributed by atoms with Gasteiger partial charge in [0.1, 0.15) is 35.6 Å². The Morgan fingerprint density at radius 3 is 2.16 bits per heavy atom. The molecule has 0 aromatic carbocycles. The van der Waals surface area contributed by atoms with Gasteiger partial charge in [0, 0.05) is 44.5 Å². The first kappa shape index (κ1) is 44.9. The highest BCUT2D eigenvalue weighted by atomic mass is 19.4. The van der Waals surface area contributed by atoms with Gasteiger partial charge in [0.25, 0.3) is 0 Å². The Hall–Kier alpha value is -1.22. The molecule has 0 amide bonds. The summed E-state index contributed by atoms with van der Waals surface area (Å²) in [7, 11) is 4.55. The highest BCUT2D eigenvalue weighted by Crippen LogP contribution is 2.47. The minimum atomic E-state index is -4.73. The van der Waals surface area contributed by atoms with Crippen LogP contribution in [0.4, 0.5) is 13.2 Å². The van der Waals surface area contributed by atoms with Crippen molar-refractivity contribution in [2.45, 2.75) is 190 Å². The highest BCUT2D eigenvalue weighted by molar-refractivity contribution is 5.73. The lowest BCUT2D eigenvalue weighted by Crippen LogP contribution is -2.63. The number of halogens is 3. The van der Waals surface area contributed by atoms with E-state index in [1.165, 1.54) is 21.1 Å². The molecule has 5 heterocycles. The Balaban J connectivity index is 1.66. The normalized spacial score (nSPS) is 51.5. The van der Waals surface area contributed by atoms with Crippen LogP contribution >= 0.6 is 0 Å². The molecule has 5 aliphatic rings. The molecule has 14 nitrogen and oxygen atoms in total. The molecular formula is C38H65F3N2O12. The maximum Gasteiger partial charge on any atom is 0.428 e. The molecule has 17 heteroatoms. The van der Waals surface area contributed by atoms with E-state index in [2.05, 4.69) is 0 Å². The van der Waals surface area contributed by atoms with Crippen LogP contribution in [0.1, 0.15) is 87.5 Å². The van der Waals surface area contributed by atoms with E-state index in [-0.39, 0.29) is 38.0 Å². The van der Waals surface area contributed by atoms with Gasteiger partial charge in [-0.3, -0.25) is 9.69 Å². The van der Waals surface area contributed by atoms with Crippen molar-refractivity contribution in [3.05, 3.63) is 0 Å². The van der Waals surface area contributed by atoms with Crippen LogP contribution in [-0.4, -0.2) is 167 Å². The molecule has 0 spiro atoms. The van der Waals surface area contributed by atoms with Crippen LogP contribution in [0.2, 0.25) is 0 Å². The van der Waals surface area contributed by atoms with E-state index in [0.717, 1.165) is 4.90 Å². The van der Waals surface area contributed by atoms with Crippen LogP contribution in [0.5, 0.6) is 0 Å². The van der Waals surface area contributed by atoms with Crippen molar-refractivity contribution in [2.75, 3.05) is 27.7 Å². The third-order valence-corrected chi connectivity index (χ3v) is 13.2. The number of aliphatic hydroxyl groups excluding tert-OH is 2. The summed E-state index contributed by atoms with van der Waals surface area (Å²) in [5, 5.41) is 47.3. The zero-order valence-corrected chi connectivity index (χ0v) is 34.1. The number of likely N-dealkylation sites (N-methyl/N-ethyl adjacent to an activating group) is 2. The number of methoxy groups -OCH3 is 1. The van der Waals surface area contributed by atoms with Crippen molar-refractivity contribution in [3.8, 4) is 0 Å². The summed E-state index contributed by atoms with van der Waals surface area (Å²) in [5.41, 5.74) is -4.91. The van der Waals surface area contributed by atoms with E-state index in [1.54, 1.807) is 48.6 Å². The molecule has 5 saturated heterocycles. The van der Waals surface area contributed by atoms with Gasteiger partial charge >= 0.3 is 12.1 Å². The molecule has 0 saturated carbocycles. The van der Waals surface area contributed by atoms with E-state index >= 15 is 0 Å². The zero-order chi connectivity index (χ0) is 41.2. The van der Waals surface area contributed by atoms with E-state index < -0.39 is 121 Å². The van der Waals surface area contributed by atoms with Crippen molar-refractivity contribution in [3.63, 3.8) is 0 Å². The Bertz CT molecular complexity index is 1330. The predicted octanol–water partition coefficient (Wildman–Crippen LogP) is 2.56. The van der Waals surface area contributed by atoms with Gasteiger partial charge in [-0.15, -0.1) is 0 Å². The third-order valence-electron chi connectivity index (χ3n) is 13.2. The second kappa shape index (κ2) is 16.4. The van der Waals surface area contributed by atoms with Crippen LogP contribution in [0, 0.1) is 17.8 Å². The maximum absolute atomic E-state index is 14.4. The van der Waals surface area contributed by atoms with Crippen LogP contribution in [0.3, 0.4) is 0 Å². The number of aliphatic hydroxyl groups is 4. The number of carbonyl (C=O) groups excluding carboxylic acids is 1. The van der Waals surface area contributed by atoms with Crippen molar-refractivity contribution < 1.29 is 71.5 Å². The largest absolute Gasteiger partial charge is 0.459 e. The minimum absolute atomic E-state index is 0.0296. The van der Waals surface area contributed by atoms with Gasteiger partial charge < -0.3 is 58.5 Å². The molecule has 0 aliphatic carbocycles. The fourth-order valence-electron chi connectivity index (χ4n) is 10.1. The van der Waals surface area contributed by atoms with E-state index in [9.17, 15) is 38.4 Å². The number of cyclic esters (lactones) is 1. The summed E-state index contributed by atoms with van der Waals surface area (Å²) in [6.07, 6.45) is -17.9. The topological polar surface area (TPSA) is 169 Å². The number of fused-ring (bicyclic) bond motifs is 8. The zero-order valence-electron chi connectivity index (χ0n) is 34.1. The number of rotatable bonds is 2. The van der Waals surface area contributed by atoms with Crippen molar-refractivity contribution in [1.82, 2.24) is 9.80 Å². The SMILES string of the molecule is CC[C@H]1OC(=O)[C@H](C)[C@H]2O[C@H]3C[C@](OC)(C[C@@H]4C[C@H]5[C@@H](OC(C(F)(F)F)N5C)[C@@H](O4)O[C@H]([C@H]2C)[C@](C)(O)C[C@@H](C)CN(C)[C@H](C)[C@@H](O)[C@]1(C)O)[C@@H](O)[C@H](C)O3. The molecule has 5 fully saturated rings. The molecule has 4 N–H and O–H groups in total. The summed E-state index contributed by atoms with van der Waals surface area (Å²) in [6, 6.07) is -1.43. The number of carbonyl (C=O) groups is 1. The molecule has 320 valence electrons.